The monoisotopic (exact) mass is 332 g/mol. The van der Waals surface area contributed by atoms with E-state index in [1.54, 1.807) is 0 Å². The van der Waals surface area contributed by atoms with Gasteiger partial charge in [-0.15, -0.1) is 0 Å². The fraction of sp³-hybridized carbons (Fsp3) is 0.417. The lowest BCUT2D eigenvalue weighted by Crippen LogP contribution is -2.18. The summed E-state index contributed by atoms with van der Waals surface area (Å²) in [6, 6.07) is 4.18. The summed E-state index contributed by atoms with van der Waals surface area (Å²) in [4.78, 5) is 11.1. The Morgan fingerprint density at radius 3 is 2.44 bits per heavy atom. The smallest absolute Gasteiger partial charge is 0.336 e. The van der Waals surface area contributed by atoms with Gasteiger partial charge < -0.3 is 5.11 Å². The van der Waals surface area contributed by atoms with Crippen LogP contribution >= 0.6 is 15.9 Å². The van der Waals surface area contributed by atoms with E-state index in [-0.39, 0.29) is 15.7 Å². The second kappa shape index (κ2) is 5.01. The highest BCUT2D eigenvalue weighted by atomic mass is 79.9. The maximum absolute atomic E-state index is 12.3. The third-order valence-corrected chi connectivity index (χ3v) is 6.19. The molecule has 0 aromatic heterocycles. The van der Waals surface area contributed by atoms with Gasteiger partial charge in [-0.05, 0) is 47.0 Å². The lowest BCUT2D eigenvalue weighted by atomic mass is 10.2. The number of rotatable bonds is 3. The summed E-state index contributed by atoms with van der Waals surface area (Å²) in [7, 11) is -3.40. The fourth-order valence-corrected chi connectivity index (χ4v) is 4.53. The van der Waals surface area contributed by atoms with Crippen molar-refractivity contribution in [1.82, 2.24) is 0 Å². The van der Waals surface area contributed by atoms with Crippen molar-refractivity contribution in [3.8, 4) is 0 Å². The average molecular weight is 333 g/mol. The number of carbonyl (C=O) groups is 1. The molecule has 0 heterocycles. The topological polar surface area (TPSA) is 71.4 Å². The number of hydrogen-bond acceptors (Lipinski definition) is 3. The molecular weight excluding hydrogens is 320 g/mol. The predicted molar refractivity (Wildman–Crippen MR) is 70.5 cm³/mol. The van der Waals surface area contributed by atoms with E-state index in [1.807, 2.05) is 0 Å². The summed E-state index contributed by atoms with van der Waals surface area (Å²) in [6.07, 6.45) is 3.18. The third kappa shape index (κ3) is 2.44. The SMILES string of the molecule is O=C(O)c1cc(S(=O)(=O)C2CCCC2)ccc1Br. The predicted octanol–water partition coefficient (Wildman–Crippen LogP) is 2.86. The molecule has 0 unspecified atom stereocenters. The van der Waals surface area contributed by atoms with Crippen molar-refractivity contribution in [2.45, 2.75) is 35.8 Å². The number of carboxylic acid groups (broad SMARTS) is 1. The van der Waals surface area contributed by atoms with Crippen molar-refractivity contribution < 1.29 is 18.3 Å². The van der Waals surface area contributed by atoms with Crippen LogP contribution in [-0.4, -0.2) is 24.7 Å². The molecule has 0 amide bonds. The first-order valence-corrected chi connectivity index (χ1v) is 8.03. The molecule has 0 radical (unpaired) electrons. The van der Waals surface area contributed by atoms with Gasteiger partial charge in [0.15, 0.2) is 9.84 Å². The lowest BCUT2D eigenvalue weighted by Gasteiger charge is -2.12. The molecule has 0 spiro atoms. The first-order valence-electron chi connectivity index (χ1n) is 5.69. The molecule has 1 aromatic rings. The highest BCUT2D eigenvalue weighted by Crippen LogP contribution is 2.31. The molecule has 0 saturated heterocycles. The van der Waals surface area contributed by atoms with Gasteiger partial charge in [0.1, 0.15) is 0 Å². The van der Waals surface area contributed by atoms with Crippen LogP contribution in [0.3, 0.4) is 0 Å². The van der Waals surface area contributed by atoms with Crippen molar-refractivity contribution in [2.75, 3.05) is 0 Å². The van der Waals surface area contributed by atoms with E-state index < -0.39 is 15.8 Å². The highest BCUT2D eigenvalue weighted by Gasteiger charge is 2.30. The van der Waals surface area contributed by atoms with E-state index in [0.29, 0.717) is 17.3 Å². The quantitative estimate of drug-likeness (QED) is 0.923. The zero-order valence-electron chi connectivity index (χ0n) is 9.60. The van der Waals surface area contributed by atoms with E-state index in [2.05, 4.69) is 15.9 Å². The van der Waals surface area contributed by atoms with Gasteiger partial charge in [-0.1, -0.05) is 12.8 Å². The van der Waals surface area contributed by atoms with Gasteiger partial charge in [0.2, 0.25) is 0 Å². The number of sulfone groups is 1. The summed E-state index contributed by atoms with van der Waals surface area (Å²) in [5.74, 6) is -1.13. The Balaban J connectivity index is 2.45. The largest absolute Gasteiger partial charge is 0.478 e. The standard InChI is InChI=1S/C12H13BrO4S/c13-11-6-5-9(7-10(11)12(14)15)18(16,17)8-3-1-2-4-8/h5-8H,1-4H2,(H,14,15). The molecule has 0 bridgehead atoms. The second-order valence-corrected chi connectivity index (χ2v) is 7.48. The Hall–Kier alpha value is -0.880. The number of aromatic carboxylic acids is 1. The minimum Gasteiger partial charge on any atom is -0.478 e. The zero-order valence-corrected chi connectivity index (χ0v) is 12.0. The van der Waals surface area contributed by atoms with Crippen LogP contribution in [0.25, 0.3) is 0 Å². The maximum Gasteiger partial charge on any atom is 0.336 e. The number of hydrogen-bond donors (Lipinski definition) is 1. The number of benzene rings is 1. The van der Waals surface area contributed by atoms with E-state index >= 15 is 0 Å². The van der Waals surface area contributed by atoms with Crippen LogP contribution in [0.15, 0.2) is 27.6 Å². The summed E-state index contributed by atoms with van der Waals surface area (Å²) >= 11 is 3.11. The molecule has 1 aliphatic rings. The van der Waals surface area contributed by atoms with Crippen LogP contribution in [0.4, 0.5) is 0 Å². The average Bonchev–Trinajstić information content (AvgIpc) is 2.82. The summed E-state index contributed by atoms with van der Waals surface area (Å²) in [5.41, 5.74) is -0.0194. The molecule has 1 aliphatic carbocycles. The van der Waals surface area contributed by atoms with Crippen molar-refractivity contribution in [3.05, 3.63) is 28.2 Å². The molecule has 2 rings (SSSR count). The van der Waals surface area contributed by atoms with Gasteiger partial charge in [-0.2, -0.15) is 0 Å². The normalized spacial score (nSPS) is 16.9. The van der Waals surface area contributed by atoms with Crippen LogP contribution in [-0.2, 0) is 9.84 Å². The molecule has 6 heteroatoms. The van der Waals surface area contributed by atoms with Gasteiger partial charge in [0.05, 0.1) is 15.7 Å². The van der Waals surface area contributed by atoms with Gasteiger partial charge in [0, 0.05) is 4.47 Å². The van der Waals surface area contributed by atoms with E-state index in [1.165, 1.54) is 18.2 Å². The number of carboxylic acids is 1. The van der Waals surface area contributed by atoms with Crippen LogP contribution in [0.2, 0.25) is 0 Å². The van der Waals surface area contributed by atoms with E-state index in [4.69, 9.17) is 5.11 Å². The van der Waals surface area contributed by atoms with Gasteiger partial charge in [-0.25, -0.2) is 13.2 Å². The highest BCUT2D eigenvalue weighted by molar-refractivity contribution is 9.10. The molecule has 1 N–H and O–H groups in total. The minimum absolute atomic E-state index is 0.0194. The Morgan fingerprint density at radius 1 is 1.28 bits per heavy atom. The van der Waals surface area contributed by atoms with E-state index in [9.17, 15) is 13.2 Å². The third-order valence-electron chi connectivity index (χ3n) is 3.24. The Morgan fingerprint density at radius 2 is 1.89 bits per heavy atom. The zero-order chi connectivity index (χ0) is 13.3. The van der Waals surface area contributed by atoms with Crippen molar-refractivity contribution in [2.24, 2.45) is 0 Å². The molecule has 1 saturated carbocycles. The molecule has 1 aromatic carbocycles. The van der Waals surface area contributed by atoms with Crippen LogP contribution in [0.1, 0.15) is 36.0 Å². The van der Waals surface area contributed by atoms with Crippen LogP contribution in [0, 0.1) is 0 Å². The van der Waals surface area contributed by atoms with Crippen LogP contribution in [0.5, 0.6) is 0 Å². The molecule has 18 heavy (non-hydrogen) atoms. The molecule has 4 nitrogen and oxygen atoms in total. The molecule has 0 atom stereocenters. The van der Waals surface area contributed by atoms with Crippen molar-refractivity contribution in [3.63, 3.8) is 0 Å². The first-order chi connectivity index (χ1) is 8.43. The van der Waals surface area contributed by atoms with Gasteiger partial charge >= 0.3 is 5.97 Å². The first kappa shape index (κ1) is 13.5. The minimum atomic E-state index is -3.40. The lowest BCUT2D eigenvalue weighted by molar-refractivity contribution is 0.0695. The number of halogens is 1. The fourth-order valence-electron chi connectivity index (χ4n) is 2.24. The summed E-state index contributed by atoms with van der Waals surface area (Å²) < 4.78 is 25.0. The van der Waals surface area contributed by atoms with Crippen molar-refractivity contribution >= 4 is 31.7 Å². The van der Waals surface area contributed by atoms with Gasteiger partial charge in [0.25, 0.3) is 0 Å². The van der Waals surface area contributed by atoms with Crippen LogP contribution < -0.4 is 0 Å². The summed E-state index contributed by atoms with van der Waals surface area (Å²) in [5, 5.41) is 8.64. The van der Waals surface area contributed by atoms with Gasteiger partial charge in [-0.3, -0.25) is 0 Å². The Kier molecular flexibility index (Phi) is 3.77. The molecule has 0 aliphatic heterocycles. The summed E-state index contributed by atoms with van der Waals surface area (Å²) in [6.45, 7) is 0. The molecule has 98 valence electrons. The Labute approximate surface area is 114 Å². The van der Waals surface area contributed by atoms with Crippen molar-refractivity contribution in [1.29, 1.82) is 0 Å². The Bertz CT molecular complexity index is 574. The molecular formula is C12H13BrO4S. The van der Waals surface area contributed by atoms with E-state index in [0.717, 1.165) is 12.8 Å². The second-order valence-electron chi connectivity index (χ2n) is 4.40. The maximum atomic E-state index is 12.3. The molecule has 1 fully saturated rings.